The number of fused-ring (bicyclic) bond motifs is 1. The van der Waals surface area contributed by atoms with Crippen molar-refractivity contribution < 1.29 is 23.8 Å². The Labute approximate surface area is 205 Å². The van der Waals surface area contributed by atoms with E-state index in [4.69, 9.17) is 24.7 Å². The molecule has 1 aromatic carbocycles. The highest BCUT2D eigenvalue weighted by Crippen LogP contribution is 2.42. The van der Waals surface area contributed by atoms with Gasteiger partial charge in [-0.2, -0.15) is 5.26 Å². The summed E-state index contributed by atoms with van der Waals surface area (Å²) in [6, 6.07) is 9.47. The minimum Gasteiger partial charge on any atom is -0.490 e. The lowest BCUT2D eigenvalue weighted by molar-refractivity contribution is -0.908. The van der Waals surface area contributed by atoms with E-state index in [0.29, 0.717) is 48.1 Å². The number of pyridine rings is 1. The van der Waals surface area contributed by atoms with E-state index in [0.717, 1.165) is 38.5 Å². The standard InChI is InChI=1S/C26H32N4O5/c1-4-33-20-7-6-18(15-21(20)34-5-2)23-19(16-27)25(28)35-22-14-17(3)30(26(31)24(22)23)9-8-29-10-12-32-13-11-29/h6-7,14-15,23H,4-5,8-13,28H2,1-3H3/p+1/t23-/m0/s1. The molecule has 186 valence electrons. The van der Waals surface area contributed by atoms with Crippen molar-refractivity contribution in [2.75, 3.05) is 46.1 Å². The first-order valence-electron chi connectivity index (χ1n) is 12.1. The van der Waals surface area contributed by atoms with E-state index in [9.17, 15) is 10.1 Å². The summed E-state index contributed by atoms with van der Waals surface area (Å²) >= 11 is 0. The summed E-state index contributed by atoms with van der Waals surface area (Å²) in [5.74, 6) is 0.880. The Morgan fingerprint density at radius 2 is 1.89 bits per heavy atom. The molecule has 0 unspecified atom stereocenters. The van der Waals surface area contributed by atoms with Gasteiger partial charge in [-0.1, -0.05) is 6.07 Å². The minimum absolute atomic E-state index is 0.00570. The highest BCUT2D eigenvalue weighted by Gasteiger charge is 2.35. The van der Waals surface area contributed by atoms with Crippen LogP contribution in [-0.2, 0) is 11.3 Å². The molecule has 4 rings (SSSR count). The number of aromatic nitrogens is 1. The number of nitrogens with zero attached hydrogens (tertiary/aromatic N) is 2. The van der Waals surface area contributed by atoms with Crippen LogP contribution >= 0.6 is 0 Å². The van der Waals surface area contributed by atoms with Crippen molar-refractivity contribution in [2.24, 2.45) is 5.73 Å². The van der Waals surface area contributed by atoms with Crippen LogP contribution in [-0.4, -0.2) is 50.6 Å². The molecule has 1 saturated heterocycles. The third-order valence-corrected chi connectivity index (χ3v) is 6.48. The Kier molecular flexibility index (Phi) is 7.63. The molecular weight excluding hydrogens is 448 g/mol. The van der Waals surface area contributed by atoms with Gasteiger partial charge >= 0.3 is 0 Å². The fraction of sp³-hybridized carbons (Fsp3) is 0.462. The summed E-state index contributed by atoms with van der Waals surface area (Å²) < 4.78 is 24.5. The van der Waals surface area contributed by atoms with Gasteiger partial charge in [-0.3, -0.25) is 4.79 Å². The van der Waals surface area contributed by atoms with Gasteiger partial charge in [0.2, 0.25) is 5.88 Å². The third-order valence-electron chi connectivity index (χ3n) is 6.48. The number of hydrogen-bond donors (Lipinski definition) is 2. The SMILES string of the molecule is CCOc1ccc([C@H]2C(C#N)=C(N)Oc3cc(C)n(CC[NH+]4CCOCC4)c(=O)c32)cc1OCC. The summed E-state index contributed by atoms with van der Waals surface area (Å²) in [5, 5.41) is 9.97. The van der Waals surface area contributed by atoms with Crippen molar-refractivity contribution in [1.82, 2.24) is 4.57 Å². The first kappa shape index (κ1) is 24.6. The number of benzene rings is 1. The molecule has 0 aliphatic carbocycles. The summed E-state index contributed by atoms with van der Waals surface area (Å²) in [7, 11) is 0. The van der Waals surface area contributed by atoms with E-state index in [1.54, 1.807) is 10.6 Å². The highest BCUT2D eigenvalue weighted by molar-refractivity contribution is 5.57. The zero-order valence-corrected chi connectivity index (χ0v) is 20.6. The molecule has 1 fully saturated rings. The number of allylic oxidation sites excluding steroid dienone is 1. The Balaban J connectivity index is 1.79. The Bertz CT molecular complexity index is 1210. The number of nitrogens with two attached hydrogens (primary N) is 1. The van der Waals surface area contributed by atoms with Gasteiger partial charge in [0.05, 0.1) is 51.0 Å². The fourth-order valence-corrected chi connectivity index (χ4v) is 4.72. The molecule has 9 nitrogen and oxygen atoms in total. The summed E-state index contributed by atoms with van der Waals surface area (Å²) in [6.07, 6.45) is 0. The molecule has 35 heavy (non-hydrogen) atoms. The topological polar surface area (TPSA) is 113 Å². The van der Waals surface area contributed by atoms with Crippen LogP contribution in [0.2, 0.25) is 0 Å². The highest BCUT2D eigenvalue weighted by atomic mass is 16.5. The molecule has 0 bridgehead atoms. The van der Waals surface area contributed by atoms with Crippen molar-refractivity contribution in [3.05, 3.63) is 62.9 Å². The molecule has 1 aromatic heterocycles. The monoisotopic (exact) mass is 481 g/mol. The molecule has 9 heteroatoms. The average molecular weight is 482 g/mol. The molecular formula is C26H33N4O5+. The average Bonchev–Trinajstić information content (AvgIpc) is 2.85. The number of rotatable bonds is 8. The smallest absolute Gasteiger partial charge is 0.258 e. The van der Waals surface area contributed by atoms with Crippen LogP contribution in [0.5, 0.6) is 17.2 Å². The molecule has 3 N–H and O–H groups in total. The molecule has 3 heterocycles. The van der Waals surface area contributed by atoms with Crippen LogP contribution in [0.25, 0.3) is 0 Å². The molecule has 2 aliphatic rings. The van der Waals surface area contributed by atoms with E-state index >= 15 is 0 Å². The molecule has 0 saturated carbocycles. The van der Waals surface area contributed by atoms with Gasteiger partial charge < -0.3 is 34.1 Å². The van der Waals surface area contributed by atoms with Gasteiger partial charge in [0.1, 0.15) is 30.5 Å². The van der Waals surface area contributed by atoms with Crippen LogP contribution in [0.4, 0.5) is 0 Å². The summed E-state index contributed by atoms with van der Waals surface area (Å²) in [5.41, 5.74) is 8.09. The Hall–Kier alpha value is -3.48. The first-order valence-corrected chi connectivity index (χ1v) is 12.1. The van der Waals surface area contributed by atoms with Gasteiger partial charge in [-0.15, -0.1) is 0 Å². The molecule has 1 atom stereocenters. The van der Waals surface area contributed by atoms with Crippen LogP contribution < -0.4 is 30.4 Å². The zero-order chi connectivity index (χ0) is 24.9. The van der Waals surface area contributed by atoms with Crippen molar-refractivity contribution in [3.8, 4) is 23.3 Å². The van der Waals surface area contributed by atoms with Gasteiger partial charge in [-0.05, 0) is 38.5 Å². The largest absolute Gasteiger partial charge is 0.490 e. The maximum atomic E-state index is 13.9. The third kappa shape index (κ3) is 4.99. The fourth-order valence-electron chi connectivity index (χ4n) is 4.72. The molecule has 2 aliphatic heterocycles. The first-order chi connectivity index (χ1) is 17.0. The number of quaternary nitrogens is 1. The molecule has 0 spiro atoms. The predicted molar refractivity (Wildman–Crippen MR) is 130 cm³/mol. The maximum Gasteiger partial charge on any atom is 0.258 e. The summed E-state index contributed by atoms with van der Waals surface area (Å²) in [6.45, 7) is 11.3. The lowest BCUT2D eigenvalue weighted by Gasteiger charge is -2.28. The lowest BCUT2D eigenvalue weighted by atomic mass is 9.84. The normalized spacial score (nSPS) is 17.9. The van der Waals surface area contributed by atoms with E-state index in [-0.39, 0.29) is 17.0 Å². The number of ether oxygens (including phenoxy) is 4. The van der Waals surface area contributed by atoms with Crippen molar-refractivity contribution in [1.29, 1.82) is 5.26 Å². The maximum absolute atomic E-state index is 13.9. The Morgan fingerprint density at radius 1 is 1.17 bits per heavy atom. The van der Waals surface area contributed by atoms with E-state index in [2.05, 4.69) is 6.07 Å². The summed E-state index contributed by atoms with van der Waals surface area (Å²) in [4.78, 5) is 15.3. The van der Waals surface area contributed by atoms with Gasteiger partial charge in [0, 0.05) is 11.8 Å². The second kappa shape index (κ2) is 10.8. The zero-order valence-electron chi connectivity index (χ0n) is 20.6. The van der Waals surface area contributed by atoms with Gasteiger partial charge in [-0.25, -0.2) is 0 Å². The molecule has 0 radical (unpaired) electrons. The number of morpholine rings is 1. The second-order valence-electron chi connectivity index (χ2n) is 8.63. The van der Waals surface area contributed by atoms with Crippen molar-refractivity contribution in [3.63, 3.8) is 0 Å². The number of nitriles is 1. The van der Waals surface area contributed by atoms with Gasteiger partial charge in [0.25, 0.3) is 5.56 Å². The predicted octanol–water partition coefficient (Wildman–Crippen LogP) is 1.09. The number of hydrogen-bond acceptors (Lipinski definition) is 7. The van der Waals surface area contributed by atoms with E-state index in [1.807, 2.05) is 39.0 Å². The number of nitrogens with one attached hydrogen (secondary N) is 1. The van der Waals surface area contributed by atoms with Gasteiger partial charge in [0.15, 0.2) is 11.5 Å². The molecule has 2 aromatic rings. The molecule has 0 amide bonds. The van der Waals surface area contributed by atoms with Crippen molar-refractivity contribution >= 4 is 0 Å². The number of aryl methyl sites for hydroxylation is 1. The van der Waals surface area contributed by atoms with Crippen LogP contribution in [0.15, 0.2) is 40.5 Å². The van der Waals surface area contributed by atoms with Crippen molar-refractivity contribution in [2.45, 2.75) is 33.2 Å². The second-order valence-corrected chi connectivity index (χ2v) is 8.63. The van der Waals surface area contributed by atoms with Crippen LogP contribution in [0.3, 0.4) is 0 Å². The van der Waals surface area contributed by atoms with Crippen LogP contribution in [0.1, 0.15) is 36.6 Å². The van der Waals surface area contributed by atoms with Crippen LogP contribution in [0, 0.1) is 18.3 Å². The lowest BCUT2D eigenvalue weighted by Crippen LogP contribution is -3.14. The quantitative estimate of drug-likeness (QED) is 0.580. The van der Waals surface area contributed by atoms with E-state index < -0.39 is 5.92 Å². The Morgan fingerprint density at radius 3 is 2.57 bits per heavy atom. The van der Waals surface area contributed by atoms with E-state index in [1.165, 1.54) is 4.90 Å². The minimum atomic E-state index is -0.672.